The van der Waals surface area contributed by atoms with Crippen LogP contribution in [0.5, 0.6) is 0 Å². The van der Waals surface area contributed by atoms with E-state index in [0.29, 0.717) is 23.4 Å². The number of nitrogens with two attached hydrogens (primary N) is 1. The van der Waals surface area contributed by atoms with E-state index in [-0.39, 0.29) is 18.5 Å². The van der Waals surface area contributed by atoms with Crippen molar-refractivity contribution in [3.8, 4) is 0 Å². The van der Waals surface area contributed by atoms with Gasteiger partial charge in [-0.05, 0) is 92.6 Å². The highest BCUT2D eigenvalue weighted by atomic mass is 35.5. The molecule has 8 nitrogen and oxygen atoms in total. The van der Waals surface area contributed by atoms with Crippen LogP contribution >= 0.6 is 11.6 Å². The number of nitrogens with one attached hydrogen (secondary N) is 3. The molecular weight excluding hydrogens is 474 g/mol. The van der Waals surface area contributed by atoms with Gasteiger partial charge in [0.05, 0.1) is 11.5 Å². The molecule has 0 radical (unpaired) electrons. The van der Waals surface area contributed by atoms with Crippen molar-refractivity contribution in [1.82, 2.24) is 20.5 Å². The van der Waals surface area contributed by atoms with Crippen molar-refractivity contribution < 1.29 is 13.2 Å². The molecule has 1 aromatic carbocycles. The maximum atomic E-state index is 14.2. The summed E-state index contributed by atoms with van der Waals surface area (Å²) in [6.07, 6.45) is 5.95. The van der Waals surface area contributed by atoms with Gasteiger partial charge in [0.25, 0.3) is 10.2 Å². The quantitative estimate of drug-likeness (QED) is 0.331. The van der Waals surface area contributed by atoms with Crippen molar-refractivity contribution in [2.24, 2.45) is 22.9 Å². The number of nitrogens with zero attached hydrogens (tertiary/aromatic N) is 1. The standard InChI is InChI=1S/C24H38ClN5O3S/c1-16(2)17-3-5-18(6-4-17)22-20-15-19(25)7-8-21(20)24(9-11-27-12-10-24)23(31)30(22)14-13-28-29-34(26,32)33/h7-8,15-18,22,27-29H,3-6,9-14H2,1-2H3,(H2,26,32,33). The van der Waals surface area contributed by atoms with Crippen molar-refractivity contribution in [1.29, 1.82) is 0 Å². The summed E-state index contributed by atoms with van der Waals surface area (Å²) in [7, 11) is -3.86. The monoisotopic (exact) mass is 511 g/mol. The van der Waals surface area contributed by atoms with Crippen molar-refractivity contribution in [2.75, 3.05) is 26.2 Å². The first-order valence-corrected chi connectivity index (χ1v) is 14.4. The van der Waals surface area contributed by atoms with Crippen molar-refractivity contribution in [3.63, 3.8) is 0 Å². The number of carbonyl (C=O) groups is 1. The molecule has 4 rings (SSSR count). The SMILES string of the molecule is CC(C)C1CCC(C2c3cc(Cl)ccc3C3(CCNCC3)C(=O)N2CCNNS(N)(=O)=O)CC1. The zero-order valence-electron chi connectivity index (χ0n) is 20.1. The molecular formula is C24H38ClN5O3S. The summed E-state index contributed by atoms with van der Waals surface area (Å²) < 4.78 is 22.6. The van der Waals surface area contributed by atoms with Crippen LogP contribution in [0.25, 0.3) is 0 Å². The highest BCUT2D eigenvalue weighted by Crippen LogP contribution is 2.51. The minimum atomic E-state index is -3.86. The van der Waals surface area contributed by atoms with E-state index in [1.165, 1.54) is 5.56 Å². The highest BCUT2D eigenvalue weighted by Gasteiger charge is 2.52. The number of fused-ring (bicyclic) bond motifs is 2. The summed E-state index contributed by atoms with van der Waals surface area (Å²) in [4.78, 5) is 18.4. The van der Waals surface area contributed by atoms with Crippen LogP contribution in [0.4, 0.5) is 0 Å². The second-order valence-electron chi connectivity index (χ2n) is 10.5. The molecule has 0 aromatic heterocycles. The number of halogens is 1. The molecule has 1 amide bonds. The Kier molecular flexibility index (Phi) is 7.91. The highest BCUT2D eigenvalue weighted by molar-refractivity contribution is 7.87. The van der Waals surface area contributed by atoms with Gasteiger partial charge in [0.2, 0.25) is 5.91 Å². The molecule has 1 saturated heterocycles. The fraction of sp³-hybridized carbons (Fsp3) is 0.708. The van der Waals surface area contributed by atoms with Gasteiger partial charge in [0.15, 0.2) is 0 Å². The number of hydrogen-bond donors (Lipinski definition) is 4. The lowest BCUT2D eigenvalue weighted by Gasteiger charge is -2.52. The van der Waals surface area contributed by atoms with E-state index in [1.807, 2.05) is 11.0 Å². The Balaban J connectivity index is 1.69. The molecule has 1 unspecified atom stereocenters. The van der Waals surface area contributed by atoms with Crippen LogP contribution in [-0.4, -0.2) is 45.4 Å². The average Bonchev–Trinajstić information content (AvgIpc) is 2.80. The third-order valence-electron chi connectivity index (χ3n) is 8.21. The number of hydrazine groups is 1. The minimum Gasteiger partial charge on any atom is -0.333 e. The fourth-order valence-electron chi connectivity index (χ4n) is 6.44. The molecule has 2 heterocycles. The number of rotatable bonds is 7. The second-order valence-corrected chi connectivity index (χ2v) is 12.2. The van der Waals surface area contributed by atoms with Crippen LogP contribution in [0.1, 0.15) is 69.5 Å². The summed E-state index contributed by atoms with van der Waals surface area (Å²) in [5, 5.41) is 9.13. The number of amides is 1. The Hall–Kier alpha value is -1.23. The van der Waals surface area contributed by atoms with E-state index in [0.717, 1.165) is 63.1 Å². The average molecular weight is 512 g/mol. The lowest BCUT2D eigenvalue weighted by molar-refractivity contribution is -0.145. The molecule has 1 spiro atoms. The van der Waals surface area contributed by atoms with Gasteiger partial charge in [-0.3, -0.25) is 4.79 Å². The third-order valence-corrected chi connectivity index (χ3v) is 8.87. The smallest absolute Gasteiger partial charge is 0.287 e. The lowest BCUT2D eigenvalue weighted by Crippen LogP contribution is -2.59. The van der Waals surface area contributed by atoms with Crippen molar-refractivity contribution in [2.45, 2.75) is 63.8 Å². The molecule has 2 fully saturated rings. The molecule has 190 valence electrons. The van der Waals surface area contributed by atoms with Crippen LogP contribution in [0.3, 0.4) is 0 Å². The van der Waals surface area contributed by atoms with Crippen molar-refractivity contribution in [3.05, 3.63) is 34.3 Å². The van der Waals surface area contributed by atoms with Gasteiger partial charge < -0.3 is 10.2 Å². The minimum absolute atomic E-state index is 0.0638. The summed E-state index contributed by atoms with van der Waals surface area (Å²) >= 11 is 6.52. The maximum absolute atomic E-state index is 14.2. The third kappa shape index (κ3) is 5.29. The van der Waals surface area contributed by atoms with Crippen LogP contribution in [0.15, 0.2) is 18.2 Å². The zero-order chi connectivity index (χ0) is 24.5. The van der Waals surface area contributed by atoms with E-state index in [9.17, 15) is 13.2 Å². The molecule has 1 aromatic rings. The topological polar surface area (TPSA) is 117 Å². The summed E-state index contributed by atoms with van der Waals surface area (Å²) in [5.74, 6) is 1.89. The van der Waals surface area contributed by atoms with Crippen LogP contribution < -0.4 is 20.7 Å². The van der Waals surface area contributed by atoms with Gasteiger partial charge in [-0.2, -0.15) is 8.42 Å². The van der Waals surface area contributed by atoms with E-state index >= 15 is 0 Å². The molecule has 1 atom stereocenters. The second kappa shape index (κ2) is 10.4. The Morgan fingerprint density at radius 2 is 1.88 bits per heavy atom. The fourth-order valence-corrected chi connectivity index (χ4v) is 6.92. The predicted molar refractivity (Wildman–Crippen MR) is 134 cm³/mol. The lowest BCUT2D eigenvalue weighted by atomic mass is 9.63. The normalized spacial score (nSPS) is 27.3. The van der Waals surface area contributed by atoms with Gasteiger partial charge in [0, 0.05) is 18.1 Å². The van der Waals surface area contributed by atoms with E-state index in [2.05, 4.69) is 41.6 Å². The van der Waals surface area contributed by atoms with E-state index < -0.39 is 15.6 Å². The predicted octanol–water partition coefficient (Wildman–Crippen LogP) is 2.60. The molecule has 3 aliphatic rings. The van der Waals surface area contributed by atoms with Gasteiger partial charge >= 0.3 is 0 Å². The number of hydrogen-bond acceptors (Lipinski definition) is 5. The first-order chi connectivity index (χ1) is 16.1. The van der Waals surface area contributed by atoms with Gasteiger partial charge in [0.1, 0.15) is 0 Å². The summed E-state index contributed by atoms with van der Waals surface area (Å²) in [6, 6.07) is 5.99. The number of benzene rings is 1. The van der Waals surface area contributed by atoms with Crippen molar-refractivity contribution >= 4 is 27.7 Å². The summed E-state index contributed by atoms with van der Waals surface area (Å²) in [5.41, 5.74) is 4.40. The van der Waals surface area contributed by atoms with Gasteiger partial charge in [-0.25, -0.2) is 10.6 Å². The van der Waals surface area contributed by atoms with E-state index in [4.69, 9.17) is 16.7 Å². The van der Waals surface area contributed by atoms with Gasteiger partial charge in [-0.15, -0.1) is 4.83 Å². The largest absolute Gasteiger partial charge is 0.333 e. The Morgan fingerprint density at radius 1 is 1.21 bits per heavy atom. The summed E-state index contributed by atoms with van der Waals surface area (Å²) in [6.45, 7) is 6.82. The zero-order valence-corrected chi connectivity index (χ0v) is 21.7. The molecule has 5 N–H and O–H groups in total. The number of piperidine rings is 1. The molecule has 34 heavy (non-hydrogen) atoms. The molecule has 1 saturated carbocycles. The first-order valence-electron chi connectivity index (χ1n) is 12.5. The molecule has 1 aliphatic carbocycles. The maximum Gasteiger partial charge on any atom is 0.287 e. The van der Waals surface area contributed by atoms with Gasteiger partial charge in [-0.1, -0.05) is 31.5 Å². The Bertz CT molecular complexity index is 988. The Labute approximate surface area is 208 Å². The molecule has 0 bridgehead atoms. The Morgan fingerprint density at radius 3 is 2.50 bits per heavy atom. The number of carbonyl (C=O) groups excluding carboxylic acids is 1. The molecule has 2 aliphatic heterocycles. The molecule has 10 heteroatoms. The van der Waals surface area contributed by atoms with Crippen LogP contribution in [0, 0.1) is 17.8 Å². The first kappa shape index (κ1) is 25.9. The van der Waals surface area contributed by atoms with Crippen LogP contribution in [-0.2, 0) is 20.4 Å². The van der Waals surface area contributed by atoms with E-state index in [1.54, 1.807) is 0 Å². The van der Waals surface area contributed by atoms with Crippen LogP contribution in [0.2, 0.25) is 5.02 Å².